The van der Waals surface area contributed by atoms with Crippen LogP contribution in [0.4, 0.5) is 10.5 Å². The number of rotatable bonds is 4. The number of tetrazole rings is 1. The molecule has 2 aromatic rings. The number of nitrogens with one attached hydrogen (secondary N) is 2. The highest BCUT2D eigenvalue weighted by Gasteiger charge is 2.52. The average Bonchev–Trinajstić information content (AvgIpc) is 3.35. The van der Waals surface area contributed by atoms with E-state index in [0.29, 0.717) is 18.5 Å². The second kappa shape index (κ2) is 6.21. The molecule has 0 radical (unpaired) electrons. The third-order valence-electron chi connectivity index (χ3n) is 4.77. The number of hydrogen-bond acceptors (Lipinski definition) is 6. The van der Waals surface area contributed by atoms with Gasteiger partial charge < -0.3 is 10.6 Å². The molecular weight excluding hydrogens is 338 g/mol. The fourth-order valence-electron chi connectivity index (χ4n) is 3.46. The minimum Gasteiger partial charge on any atom is -0.325 e. The van der Waals surface area contributed by atoms with E-state index in [-0.39, 0.29) is 12.5 Å². The first-order valence-electron chi connectivity index (χ1n) is 8.35. The van der Waals surface area contributed by atoms with E-state index in [0.717, 1.165) is 23.4 Å². The van der Waals surface area contributed by atoms with Gasteiger partial charge in [0.2, 0.25) is 5.91 Å². The number of imide groups is 1. The first kappa shape index (κ1) is 16.2. The highest BCUT2D eigenvalue weighted by atomic mass is 16.2. The predicted octanol–water partition coefficient (Wildman–Crippen LogP) is 0.465. The standard InChI is InChI=1S/C16H17N7O3/c24-13(9-22-14(25)16(19-15(22)26)7-1-2-8-16)18-11-3-5-12(6-4-11)23-10-17-20-21-23/h3-6,10H,1-2,7-9H2,(H,18,24)(H,19,26). The van der Waals surface area contributed by atoms with Crippen LogP contribution in [-0.2, 0) is 9.59 Å². The summed E-state index contributed by atoms with van der Waals surface area (Å²) in [4.78, 5) is 37.9. The van der Waals surface area contributed by atoms with E-state index < -0.39 is 17.5 Å². The van der Waals surface area contributed by atoms with Gasteiger partial charge in [-0.1, -0.05) is 12.8 Å². The molecular formula is C16H17N7O3. The molecule has 1 aliphatic carbocycles. The molecule has 2 heterocycles. The van der Waals surface area contributed by atoms with Gasteiger partial charge in [-0.2, -0.15) is 0 Å². The number of amides is 4. The van der Waals surface area contributed by atoms with Crippen LogP contribution in [0.2, 0.25) is 0 Å². The van der Waals surface area contributed by atoms with Crippen LogP contribution in [0.15, 0.2) is 30.6 Å². The Morgan fingerprint density at radius 3 is 2.58 bits per heavy atom. The molecule has 4 amide bonds. The van der Waals surface area contributed by atoms with Gasteiger partial charge in [0.25, 0.3) is 5.91 Å². The minimum atomic E-state index is -0.801. The lowest BCUT2D eigenvalue weighted by molar-refractivity contribution is -0.133. The van der Waals surface area contributed by atoms with Crippen molar-refractivity contribution in [2.75, 3.05) is 11.9 Å². The number of hydrogen-bond donors (Lipinski definition) is 2. The summed E-state index contributed by atoms with van der Waals surface area (Å²) in [5.41, 5.74) is 0.491. The van der Waals surface area contributed by atoms with Gasteiger partial charge in [0.15, 0.2) is 0 Å². The largest absolute Gasteiger partial charge is 0.325 e. The van der Waals surface area contributed by atoms with E-state index in [9.17, 15) is 14.4 Å². The molecule has 0 atom stereocenters. The lowest BCUT2D eigenvalue weighted by atomic mass is 9.98. The van der Waals surface area contributed by atoms with Crippen LogP contribution in [0.25, 0.3) is 5.69 Å². The molecule has 2 aliphatic rings. The molecule has 1 saturated carbocycles. The Balaban J connectivity index is 1.39. The van der Waals surface area contributed by atoms with Gasteiger partial charge in [0.1, 0.15) is 18.4 Å². The lowest BCUT2D eigenvalue weighted by Gasteiger charge is -2.19. The van der Waals surface area contributed by atoms with Gasteiger partial charge in [-0.05, 0) is 47.5 Å². The average molecular weight is 355 g/mol. The zero-order valence-corrected chi connectivity index (χ0v) is 13.9. The summed E-state index contributed by atoms with van der Waals surface area (Å²) in [7, 11) is 0. The zero-order chi connectivity index (χ0) is 18.1. The third-order valence-corrected chi connectivity index (χ3v) is 4.77. The smallest absolute Gasteiger partial charge is 0.325 e. The van der Waals surface area contributed by atoms with Crippen molar-refractivity contribution in [2.45, 2.75) is 31.2 Å². The Hall–Kier alpha value is -3.30. The monoisotopic (exact) mass is 355 g/mol. The van der Waals surface area contributed by atoms with Crippen molar-refractivity contribution in [3.63, 3.8) is 0 Å². The van der Waals surface area contributed by atoms with Crippen molar-refractivity contribution in [3.05, 3.63) is 30.6 Å². The first-order chi connectivity index (χ1) is 12.6. The molecule has 134 valence electrons. The minimum absolute atomic E-state index is 0.302. The summed E-state index contributed by atoms with van der Waals surface area (Å²) in [5.74, 6) is -0.733. The summed E-state index contributed by atoms with van der Waals surface area (Å²) in [6.45, 7) is -0.304. The maximum Gasteiger partial charge on any atom is 0.325 e. The van der Waals surface area contributed by atoms with E-state index in [4.69, 9.17) is 0 Å². The highest BCUT2D eigenvalue weighted by molar-refractivity contribution is 6.10. The number of urea groups is 1. The third kappa shape index (κ3) is 2.79. The zero-order valence-electron chi connectivity index (χ0n) is 13.9. The molecule has 26 heavy (non-hydrogen) atoms. The molecule has 10 nitrogen and oxygen atoms in total. The molecule has 10 heteroatoms. The van der Waals surface area contributed by atoms with E-state index in [1.165, 1.54) is 11.0 Å². The number of benzene rings is 1. The second-order valence-corrected chi connectivity index (χ2v) is 6.46. The van der Waals surface area contributed by atoms with Crippen LogP contribution in [0, 0.1) is 0 Å². The molecule has 1 aliphatic heterocycles. The van der Waals surface area contributed by atoms with Gasteiger partial charge in [0, 0.05) is 5.69 Å². The summed E-state index contributed by atoms with van der Waals surface area (Å²) >= 11 is 0. The van der Waals surface area contributed by atoms with Crippen molar-refractivity contribution < 1.29 is 14.4 Å². The Morgan fingerprint density at radius 2 is 1.92 bits per heavy atom. The summed E-state index contributed by atoms with van der Waals surface area (Å²) < 4.78 is 1.49. The Morgan fingerprint density at radius 1 is 1.19 bits per heavy atom. The number of carbonyl (C=O) groups is 3. The van der Waals surface area contributed by atoms with E-state index >= 15 is 0 Å². The van der Waals surface area contributed by atoms with Crippen molar-refractivity contribution in [3.8, 4) is 5.69 Å². The number of nitrogens with zero attached hydrogens (tertiary/aromatic N) is 5. The second-order valence-electron chi connectivity index (χ2n) is 6.46. The van der Waals surface area contributed by atoms with Crippen LogP contribution >= 0.6 is 0 Å². The molecule has 0 unspecified atom stereocenters. The van der Waals surface area contributed by atoms with Crippen molar-refractivity contribution >= 4 is 23.5 Å². The lowest BCUT2D eigenvalue weighted by Crippen LogP contribution is -2.44. The van der Waals surface area contributed by atoms with Crippen molar-refractivity contribution in [1.82, 2.24) is 30.4 Å². The predicted molar refractivity (Wildman–Crippen MR) is 89.2 cm³/mol. The van der Waals surface area contributed by atoms with Gasteiger partial charge >= 0.3 is 6.03 Å². The van der Waals surface area contributed by atoms with Gasteiger partial charge in [-0.15, -0.1) is 5.10 Å². The van der Waals surface area contributed by atoms with Crippen molar-refractivity contribution in [2.24, 2.45) is 0 Å². The van der Waals surface area contributed by atoms with Crippen LogP contribution < -0.4 is 10.6 Å². The molecule has 1 spiro atoms. The van der Waals surface area contributed by atoms with E-state index in [1.54, 1.807) is 24.3 Å². The Labute approximate surface area is 148 Å². The van der Waals surface area contributed by atoms with Crippen LogP contribution in [0.1, 0.15) is 25.7 Å². The van der Waals surface area contributed by atoms with Crippen LogP contribution in [0.5, 0.6) is 0 Å². The molecule has 4 rings (SSSR count). The summed E-state index contributed by atoms with van der Waals surface area (Å²) in [5, 5.41) is 16.3. The highest BCUT2D eigenvalue weighted by Crippen LogP contribution is 2.34. The Kier molecular flexibility index (Phi) is 3.86. The maximum atomic E-state index is 12.5. The first-order valence-corrected chi connectivity index (χ1v) is 8.35. The molecule has 0 bridgehead atoms. The number of carbonyl (C=O) groups excluding carboxylic acids is 3. The fraction of sp³-hybridized carbons (Fsp3) is 0.375. The molecule has 1 aromatic heterocycles. The van der Waals surface area contributed by atoms with E-state index in [1.807, 2.05) is 0 Å². The number of anilines is 1. The summed E-state index contributed by atoms with van der Waals surface area (Å²) in [6.07, 6.45) is 4.53. The molecule has 1 aromatic carbocycles. The van der Waals surface area contributed by atoms with Crippen LogP contribution in [-0.4, -0.2) is 55.0 Å². The SMILES string of the molecule is O=C(CN1C(=O)NC2(CCCC2)C1=O)Nc1ccc(-n2cnnn2)cc1. The summed E-state index contributed by atoms with van der Waals surface area (Å²) in [6, 6.07) is 6.37. The molecule has 2 N–H and O–H groups in total. The van der Waals surface area contributed by atoms with Crippen molar-refractivity contribution in [1.29, 1.82) is 0 Å². The van der Waals surface area contributed by atoms with Gasteiger partial charge in [0.05, 0.1) is 5.69 Å². The molecule has 1 saturated heterocycles. The maximum absolute atomic E-state index is 12.5. The normalized spacial score (nSPS) is 18.4. The van der Waals surface area contributed by atoms with Gasteiger partial charge in [-0.3, -0.25) is 14.5 Å². The fourth-order valence-corrected chi connectivity index (χ4v) is 3.46. The number of aromatic nitrogens is 4. The van der Waals surface area contributed by atoms with E-state index in [2.05, 4.69) is 26.2 Å². The topological polar surface area (TPSA) is 122 Å². The van der Waals surface area contributed by atoms with Gasteiger partial charge in [-0.25, -0.2) is 9.48 Å². The quantitative estimate of drug-likeness (QED) is 0.769. The Bertz CT molecular complexity index is 841. The molecule has 2 fully saturated rings. The van der Waals surface area contributed by atoms with Crippen LogP contribution in [0.3, 0.4) is 0 Å².